The van der Waals surface area contributed by atoms with Gasteiger partial charge < -0.3 is 15.2 Å². The minimum Gasteiger partial charge on any atom is -0.497 e. The highest BCUT2D eigenvalue weighted by Gasteiger charge is 2.24. The number of H-pyrrole nitrogens is 1. The van der Waals surface area contributed by atoms with Gasteiger partial charge in [0.2, 0.25) is 0 Å². The SMILES string of the molecule is COc1ccc2c(c1)/C(=C\c1ccc3c(C=CC(=O)O)n[nH]c3c1)C(=O)N2. The van der Waals surface area contributed by atoms with E-state index < -0.39 is 5.97 Å². The molecule has 1 aliphatic heterocycles. The Kier molecular flexibility index (Phi) is 3.97. The molecule has 0 spiro atoms. The van der Waals surface area contributed by atoms with E-state index in [1.54, 1.807) is 19.3 Å². The molecule has 3 aromatic rings. The van der Waals surface area contributed by atoms with Crippen LogP contribution in [-0.4, -0.2) is 34.3 Å². The number of carbonyl (C=O) groups is 2. The molecule has 2 aromatic carbocycles. The van der Waals surface area contributed by atoms with Crippen molar-refractivity contribution in [2.75, 3.05) is 12.4 Å². The molecule has 0 saturated carbocycles. The number of carboxylic acids is 1. The second-order valence-corrected chi connectivity index (χ2v) is 6.01. The van der Waals surface area contributed by atoms with Gasteiger partial charge in [-0.05, 0) is 48.0 Å². The van der Waals surface area contributed by atoms with Crippen LogP contribution in [0.25, 0.3) is 28.6 Å². The minimum absolute atomic E-state index is 0.173. The highest BCUT2D eigenvalue weighted by Crippen LogP contribution is 2.36. The first-order valence-electron chi connectivity index (χ1n) is 8.16. The smallest absolute Gasteiger partial charge is 0.328 e. The molecule has 4 rings (SSSR count). The Morgan fingerprint density at radius 3 is 2.85 bits per heavy atom. The van der Waals surface area contributed by atoms with Crippen molar-refractivity contribution in [1.29, 1.82) is 0 Å². The molecule has 1 aromatic heterocycles. The second kappa shape index (κ2) is 6.45. The average Bonchev–Trinajstić information content (AvgIpc) is 3.20. The van der Waals surface area contributed by atoms with E-state index in [0.717, 1.165) is 33.8 Å². The number of aromatic amines is 1. The summed E-state index contributed by atoms with van der Waals surface area (Å²) in [4.78, 5) is 23.0. The largest absolute Gasteiger partial charge is 0.497 e. The van der Waals surface area contributed by atoms with Gasteiger partial charge in [-0.1, -0.05) is 6.07 Å². The van der Waals surface area contributed by atoms with E-state index in [4.69, 9.17) is 9.84 Å². The van der Waals surface area contributed by atoms with Crippen LogP contribution in [0.4, 0.5) is 5.69 Å². The van der Waals surface area contributed by atoms with Crippen LogP contribution < -0.4 is 10.1 Å². The maximum absolute atomic E-state index is 12.3. The summed E-state index contributed by atoms with van der Waals surface area (Å²) in [5, 5.41) is 19.4. The molecule has 0 bridgehead atoms. The second-order valence-electron chi connectivity index (χ2n) is 6.01. The van der Waals surface area contributed by atoms with Gasteiger partial charge in [0, 0.05) is 28.3 Å². The first-order valence-corrected chi connectivity index (χ1v) is 8.16. The fourth-order valence-corrected chi connectivity index (χ4v) is 3.03. The van der Waals surface area contributed by atoms with Gasteiger partial charge in [-0.25, -0.2) is 4.79 Å². The summed E-state index contributed by atoms with van der Waals surface area (Å²) in [6, 6.07) is 11.0. The van der Waals surface area contributed by atoms with E-state index in [9.17, 15) is 9.59 Å². The van der Waals surface area contributed by atoms with Crippen LogP contribution >= 0.6 is 0 Å². The molecule has 0 atom stereocenters. The molecule has 7 heteroatoms. The lowest BCUT2D eigenvalue weighted by Crippen LogP contribution is -2.03. The van der Waals surface area contributed by atoms with E-state index in [1.165, 1.54) is 6.08 Å². The van der Waals surface area contributed by atoms with Crippen LogP contribution in [0.5, 0.6) is 5.75 Å². The van der Waals surface area contributed by atoms with E-state index in [0.29, 0.717) is 17.0 Å². The average molecular weight is 361 g/mol. The van der Waals surface area contributed by atoms with Crippen molar-refractivity contribution in [2.45, 2.75) is 0 Å². The van der Waals surface area contributed by atoms with Crippen LogP contribution in [-0.2, 0) is 9.59 Å². The van der Waals surface area contributed by atoms with Gasteiger partial charge in [0.05, 0.1) is 18.3 Å². The molecule has 0 radical (unpaired) electrons. The lowest BCUT2D eigenvalue weighted by molar-refractivity contribution is -0.131. The molecule has 134 valence electrons. The normalized spacial score (nSPS) is 14.7. The number of ether oxygens (including phenoxy) is 1. The summed E-state index contributed by atoms with van der Waals surface area (Å²) in [5.41, 5.74) is 4.19. The molecule has 3 N–H and O–H groups in total. The predicted octanol–water partition coefficient (Wildman–Crippen LogP) is 3.16. The fourth-order valence-electron chi connectivity index (χ4n) is 3.03. The zero-order valence-corrected chi connectivity index (χ0v) is 14.3. The number of carboxylic acid groups (broad SMARTS) is 1. The summed E-state index contributed by atoms with van der Waals surface area (Å²) in [7, 11) is 1.58. The van der Waals surface area contributed by atoms with Crippen LogP contribution in [0, 0.1) is 0 Å². The van der Waals surface area contributed by atoms with E-state index >= 15 is 0 Å². The van der Waals surface area contributed by atoms with Crippen molar-refractivity contribution in [3.63, 3.8) is 0 Å². The summed E-state index contributed by atoms with van der Waals surface area (Å²) in [6.07, 6.45) is 4.28. The molecule has 7 nitrogen and oxygen atoms in total. The summed E-state index contributed by atoms with van der Waals surface area (Å²) in [6.45, 7) is 0. The van der Waals surface area contributed by atoms with Crippen LogP contribution in [0.1, 0.15) is 16.8 Å². The Labute approximate surface area is 154 Å². The lowest BCUT2D eigenvalue weighted by atomic mass is 10.0. The predicted molar refractivity (Wildman–Crippen MR) is 102 cm³/mol. The highest BCUT2D eigenvalue weighted by molar-refractivity contribution is 6.35. The maximum atomic E-state index is 12.3. The minimum atomic E-state index is -1.03. The zero-order valence-electron chi connectivity index (χ0n) is 14.3. The molecule has 27 heavy (non-hydrogen) atoms. The van der Waals surface area contributed by atoms with Crippen LogP contribution in [0.15, 0.2) is 42.5 Å². The monoisotopic (exact) mass is 361 g/mol. The number of aromatic nitrogens is 2. The Bertz CT molecular complexity index is 1140. The number of fused-ring (bicyclic) bond motifs is 2. The molecular formula is C20H15N3O4. The number of amides is 1. The zero-order chi connectivity index (χ0) is 19.0. The number of aliphatic carboxylic acids is 1. The Hall–Kier alpha value is -3.87. The van der Waals surface area contributed by atoms with E-state index in [-0.39, 0.29) is 5.91 Å². The Balaban J connectivity index is 1.74. The quantitative estimate of drug-likeness (QED) is 0.619. The lowest BCUT2D eigenvalue weighted by Gasteiger charge is -2.03. The summed E-state index contributed by atoms with van der Waals surface area (Å²) < 4.78 is 5.25. The Morgan fingerprint density at radius 1 is 1.22 bits per heavy atom. The van der Waals surface area contributed by atoms with Crippen molar-refractivity contribution in [3.05, 3.63) is 59.3 Å². The number of carbonyl (C=O) groups excluding carboxylic acids is 1. The van der Waals surface area contributed by atoms with Gasteiger partial charge in [-0.2, -0.15) is 5.10 Å². The molecule has 0 saturated heterocycles. The molecule has 0 fully saturated rings. The summed E-state index contributed by atoms with van der Waals surface area (Å²) in [5.74, 6) is -0.531. The number of rotatable bonds is 4. The number of nitrogens with zero attached hydrogens (tertiary/aromatic N) is 1. The third kappa shape index (κ3) is 3.06. The standard InChI is InChI=1S/C20H15N3O4/c1-27-12-3-5-16-14(10-12)15(20(26)21-16)8-11-2-4-13-17(6-7-19(24)25)22-23-18(13)9-11/h2-10H,1H3,(H,21,26)(H,22,23)(H,24,25)/b7-6?,15-8+. The number of anilines is 1. The van der Waals surface area contributed by atoms with Crippen molar-refractivity contribution in [1.82, 2.24) is 10.2 Å². The molecule has 0 aliphatic carbocycles. The van der Waals surface area contributed by atoms with Crippen molar-refractivity contribution < 1.29 is 19.4 Å². The number of hydrogen-bond acceptors (Lipinski definition) is 4. The van der Waals surface area contributed by atoms with Crippen molar-refractivity contribution in [2.24, 2.45) is 0 Å². The van der Waals surface area contributed by atoms with E-state index in [1.807, 2.05) is 30.3 Å². The molecule has 0 unspecified atom stereocenters. The Morgan fingerprint density at radius 2 is 2.07 bits per heavy atom. The van der Waals surface area contributed by atoms with Crippen LogP contribution in [0.2, 0.25) is 0 Å². The van der Waals surface area contributed by atoms with Crippen molar-refractivity contribution >= 4 is 46.2 Å². The topological polar surface area (TPSA) is 104 Å². The number of benzene rings is 2. The van der Waals surface area contributed by atoms with Crippen molar-refractivity contribution in [3.8, 4) is 5.75 Å². The number of hydrogen-bond donors (Lipinski definition) is 3. The highest BCUT2D eigenvalue weighted by atomic mass is 16.5. The summed E-state index contributed by atoms with van der Waals surface area (Å²) >= 11 is 0. The van der Waals surface area contributed by atoms with Crippen LogP contribution in [0.3, 0.4) is 0 Å². The molecule has 2 heterocycles. The maximum Gasteiger partial charge on any atom is 0.328 e. The fraction of sp³-hybridized carbons (Fsp3) is 0.0500. The van der Waals surface area contributed by atoms with Gasteiger partial charge in [0.25, 0.3) is 5.91 Å². The van der Waals surface area contributed by atoms with E-state index in [2.05, 4.69) is 15.5 Å². The number of nitrogens with one attached hydrogen (secondary N) is 2. The number of methoxy groups -OCH3 is 1. The first-order chi connectivity index (χ1) is 13.0. The molecular weight excluding hydrogens is 346 g/mol. The van der Waals surface area contributed by atoms with Gasteiger partial charge >= 0.3 is 5.97 Å². The van der Waals surface area contributed by atoms with Gasteiger partial charge in [-0.15, -0.1) is 0 Å². The third-order valence-electron chi connectivity index (χ3n) is 4.32. The van der Waals surface area contributed by atoms with Gasteiger partial charge in [0.1, 0.15) is 5.75 Å². The van der Waals surface area contributed by atoms with Gasteiger partial charge in [-0.3, -0.25) is 9.89 Å². The third-order valence-corrected chi connectivity index (χ3v) is 4.32. The molecule has 1 aliphatic rings. The first kappa shape index (κ1) is 16.6. The molecule has 1 amide bonds. The van der Waals surface area contributed by atoms with Gasteiger partial charge in [0.15, 0.2) is 0 Å².